The molecule has 3 aliphatic carbocycles. The number of ether oxygens (including phenoxy) is 1. The zero-order valence-electron chi connectivity index (χ0n) is 10.5. The monoisotopic (exact) mass is 210 g/mol. The summed E-state index contributed by atoms with van der Waals surface area (Å²) < 4.78 is 5.63. The molecule has 0 aromatic carbocycles. The number of fused-ring (bicyclic) bond motifs is 2. The lowest BCUT2D eigenvalue weighted by Crippen LogP contribution is -2.69. The predicted molar refractivity (Wildman–Crippen MR) is 59.4 cm³/mol. The first kappa shape index (κ1) is 11.0. The van der Waals surface area contributed by atoms with Crippen molar-refractivity contribution in [2.24, 2.45) is 16.7 Å². The third-order valence-electron chi connectivity index (χ3n) is 5.60. The van der Waals surface area contributed by atoms with Gasteiger partial charge in [0.1, 0.15) is 5.60 Å². The van der Waals surface area contributed by atoms with Gasteiger partial charge < -0.3 is 4.74 Å². The first-order valence-corrected chi connectivity index (χ1v) is 5.92. The topological polar surface area (TPSA) is 26.3 Å². The Labute approximate surface area is 92.4 Å². The number of carbonyl (C=O) groups is 1. The van der Waals surface area contributed by atoms with E-state index >= 15 is 0 Å². The zero-order valence-corrected chi connectivity index (χ0v) is 10.5. The Balaban J connectivity index is 2.30. The highest BCUT2D eigenvalue weighted by Gasteiger charge is 2.69. The number of esters is 1. The minimum atomic E-state index is -0.253. The summed E-state index contributed by atoms with van der Waals surface area (Å²) in [5, 5.41) is 0. The second kappa shape index (κ2) is 2.78. The first-order valence-electron chi connectivity index (χ1n) is 5.92. The van der Waals surface area contributed by atoms with Crippen molar-refractivity contribution in [2.75, 3.05) is 0 Å². The number of carbonyl (C=O) groups excluding carboxylic acids is 1. The number of hydrogen-bond donors (Lipinski definition) is 0. The van der Waals surface area contributed by atoms with Crippen molar-refractivity contribution in [1.29, 1.82) is 0 Å². The summed E-state index contributed by atoms with van der Waals surface area (Å²) in [5.74, 6) is 0.686. The molecule has 2 bridgehead atoms. The highest BCUT2D eigenvalue weighted by atomic mass is 16.6. The van der Waals surface area contributed by atoms with Crippen molar-refractivity contribution >= 4 is 5.97 Å². The van der Waals surface area contributed by atoms with E-state index in [1.54, 1.807) is 0 Å². The quantitative estimate of drug-likeness (QED) is 0.621. The van der Waals surface area contributed by atoms with Gasteiger partial charge in [-0.2, -0.15) is 0 Å². The maximum Gasteiger partial charge on any atom is 0.303 e. The molecule has 0 spiro atoms. The van der Waals surface area contributed by atoms with Crippen molar-refractivity contribution in [3.63, 3.8) is 0 Å². The van der Waals surface area contributed by atoms with E-state index in [9.17, 15) is 4.79 Å². The van der Waals surface area contributed by atoms with E-state index < -0.39 is 0 Å². The van der Waals surface area contributed by atoms with E-state index in [0.717, 1.165) is 12.3 Å². The molecule has 0 aromatic heterocycles. The highest BCUT2D eigenvalue weighted by molar-refractivity contribution is 5.66. The molecule has 0 aromatic rings. The van der Waals surface area contributed by atoms with Crippen LogP contribution in [-0.2, 0) is 9.53 Å². The molecule has 0 amide bonds. The summed E-state index contributed by atoms with van der Waals surface area (Å²) in [6, 6.07) is 0. The Kier molecular flexibility index (Phi) is 2.03. The summed E-state index contributed by atoms with van der Waals surface area (Å²) in [4.78, 5) is 11.2. The molecular weight excluding hydrogens is 188 g/mol. The minimum Gasteiger partial charge on any atom is -0.459 e. The van der Waals surface area contributed by atoms with Crippen molar-refractivity contribution in [2.45, 2.75) is 59.5 Å². The molecule has 0 radical (unpaired) electrons. The smallest absolute Gasteiger partial charge is 0.303 e. The van der Waals surface area contributed by atoms with Gasteiger partial charge in [-0.1, -0.05) is 20.8 Å². The van der Waals surface area contributed by atoms with Gasteiger partial charge in [-0.05, 0) is 37.5 Å². The number of rotatable bonds is 1. The third kappa shape index (κ3) is 1.14. The van der Waals surface area contributed by atoms with Gasteiger partial charge in [-0.25, -0.2) is 0 Å². The molecule has 0 aliphatic heterocycles. The average Bonchev–Trinajstić information content (AvgIpc) is 2.08. The van der Waals surface area contributed by atoms with Gasteiger partial charge in [0, 0.05) is 12.3 Å². The first-order chi connectivity index (χ1) is 6.73. The molecule has 2 nitrogen and oxygen atoms in total. The fraction of sp³-hybridized carbons (Fsp3) is 0.923. The molecule has 0 saturated heterocycles. The molecule has 3 atom stereocenters. The Morgan fingerprint density at radius 2 is 1.87 bits per heavy atom. The predicted octanol–water partition coefficient (Wildman–Crippen LogP) is 3.15. The highest BCUT2D eigenvalue weighted by Crippen LogP contribution is 2.71. The lowest BCUT2D eigenvalue weighted by atomic mass is 9.36. The normalized spacial score (nSPS) is 46.9. The SMILES string of the molecule is CC(=O)OC1(C)CCC2CC1(C)C2(C)C. The van der Waals surface area contributed by atoms with Crippen LogP contribution in [-0.4, -0.2) is 11.6 Å². The van der Waals surface area contributed by atoms with Crippen LogP contribution >= 0.6 is 0 Å². The summed E-state index contributed by atoms with van der Waals surface area (Å²) in [6.45, 7) is 10.6. The van der Waals surface area contributed by atoms with Gasteiger partial charge in [-0.15, -0.1) is 0 Å². The molecule has 3 aliphatic rings. The molecule has 3 saturated carbocycles. The van der Waals surface area contributed by atoms with E-state index in [4.69, 9.17) is 4.74 Å². The van der Waals surface area contributed by atoms with Crippen molar-refractivity contribution in [1.82, 2.24) is 0 Å². The van der Waals surface area contributed by atoms with E-state index in [-0.39, 0.29) is 17.0 Å². The fourth-order valence-corrected chi connectivity index (χ4v) is 3.90. The summed E-state index contributed by atoms with van der Waals surface area (Å²) in [6.07, 6.45) is 3.44. The van der Waals surface area contributed by atoms with Gasteiger partial charge in [0.15, 0.2) is 0 Å². The van der Waals surface area contributed by atoms with Crippen LogP contribution < -0.4 is 0 Å². The summed E-state index contributed by atoms with van der Waals surface area (Å²) in [7, 11) is 0. The zero-order chi connectivity index (χ0) is 11.5. The molecular formula is C13H22O2. The van der Waals surface area contributed by atoms with Gasteiger partial charge in [0.25, 0.3) is 0 Å². The Morgan fingerprint density at radius 1 is 1.27 bits per heavy atom. The van der Waals surface area contributed by atoms with Gasteiger partial charge in [0.2, 0.25) is 0 Å². The average molecular weight is 210 g/mol. The molecule has 15 heavy (non-hydrogen) atoms. The maximum atomic E-state index is 11.2. The molecule has 3 fully saturated rings. The largest absolute Gasteiger partial charge is 0.459 e. The van der Waals surface area contributed by atoms with Crippen LogP contribution in [0.2, 0.25) is 0 Å². The molecule has 3 rings (SSSR count). The van der Waals surface area contributed by atoms with Crippen LogP contribution in [0.15, 0.2) is 0 Å². The van der Waals surface area contributed by atoms with Crippen LogP contribution in [0.25, 0.3) is 0 Å². The number of hydrogen-bond acceptors (Lipinski definition) is 2. The molecule has 2 heteroatoms. The molecule has 0 N–H and O–H groups in total. The van der Waals surface area contributed by atoms with Crippen LogP contribution in [0.5, 0.6) is 0 Å². The van der Waals surface area contributed by atoms with Crippen LogP contribution in [0, 0.1) is 16.7 Å². The lowest BCUT2D eigenvalue weighted by molar-refractivity contribution is -0.270. The van der Waals surface area contributed by atoms with E-state index in [1.807, 2.05) is 0 Å². The summed E-state index contributed by atoms with van der Waals surface area (Å²) in [5.41, 5.74) is 0.223. The van der Waals surface area contributed by atoms with Crippen molar-refractivity contribution in [3.8, 4) is 0 Å². The molecule has 86 valence electrons. The standard InChI is InChI=1S/C13H22O2/c1-9(14)15-13(5)7-6-10-8-12(13,4)11(10,2)3/h10H,6-8H2,1-5H3. The van der Waals surface area contributed by atoms with Gasteiger partial charge >= 0.3 is 5.97 Å². The van der Waals surface area contributed by atoms with Crippen molar-refractivity contribution in [3.05, 3.63) is 0 Å². The van der Waals surface area contributed by atoms with Crippen molar-refractivity contribution < 1.29 is 9.53 Å². The fourth-order valence-electron chi connectivity index (χ4n) is 3.90. The Morgan fingerprint density at radius 3 is 2.33 bits per heavy atom. The van der Waals surface area contributed by atoms with E-state index in [2.05, 4.69) is 27.7 Å². The second-order valence-electron chi connectivity index (χ2n) is 6.32. The Bertz CT molecular complexity index is 308. The Hall–Kier alpha value is -0.530. The third-order valence-corrected chi connectivity index (χ3v) is 5.60. The van der Waals surface area contributed by atoms with Gasteiger partial charge in [0.05, 0.1) is 0 Å². The van der Waals surface area contributed by atoms with Gasteiger partial charge in [-0.3, -0.25) is 4.79 Å². The van der Waals surface area contributed by atoms with E-state index in [0.29, 0.717) is 5.41 Å². The lowest BCUT2D eigenvalue weighted by Gasteiger charge is -2.70. The minimum absolute atomic E-state index is 0.139. The van der Waals surface area contributed by atoms with Crippen LogP contribution in [0.1, 0.15) is 53.9 Å². The summed E-state index contributed by atoms with van der Waals surface area (Å²) >= 11 is 0. The second-order valence-corrected chi connectivity index (χ2v) is 6.32. The van der Waals surface area contributed by atoms with E-state index in [1.165, 1.54) is 19.8 Å². The molecule has 3 unspecified atom stereocenters. The molecule has 0 heterocycles. The maximum absolute atomic E-state index is 11.2. The van der Waals surface area contributed by atoms with Crippen LogP contribution in [0.4, 0.5) is 0 Å². The van der Waals surface area contributed by atoms with Crippen LogP contribution in [0.3, 0.4) is 0 Å².